The molecule has 2 aromatic heterocycles. The Labute approximate surface area is 182 Å². The van der Waals surface area contributed by atoms with E-state index < -0.39 is 0 Å². The largest absolute Gasteiger partial charge is 0.345 e. The lowest BCUT2D eigenvalue weighted by Gasteiger charge is -2.17. The number of hydrazine groups is 1. The second kappa shape index (κ2) is 11.3. The quantitative estimate of drug-likeness (QED) is 0.264. The molecule has 3 rings (SSSR count). The van der Waals surface area contributed by atoms with Gasteiger partial charge in [-0.05, 0) is 44.3 Å². The first kappa shape index (κ1) is 22.6. The molecule has 2 heterocycles. The number of rotatable bonds is 12. The number of carbonyl (C=O) groups excluding carboxylic acids is 2. The molecule has 31 heavy (non-hydrogen) atoms. The first-order chi connectivity index (χ1) is 15.1. The molecule has 0 bridgehead atoms. The van der Waals surface area contributed by atoms with E-state index in [0.717, 1.165) is 53.5 Å². The molecule has 0 unspecified atom stereocenters. The third-order valence-corrected chi connectivity index (χ3v) is 5.16. The number of imidazole rings is 1. The molecule has 0 aliphatic rings. The number of aromatic nitrogens is 3. The number of ketones is 1. The van der Waals surface area contributed by atoms with Gasteiger partial charge in [-0.1, -0.05) is 25.0 Å². The number of fused-ring (bicyclic) bond motifs is 1. The first-order valence-electron chi connectivity index (χ1n) is 10.6. The highest BCUT2D eigenvalue weighted by Crippen LogP contribution is 2.25. The lowest BCUT2D eigenvalue weighted by atomic mass is 10.1. The van der Waals surface area contributed by atoms with E-state index in [1.807, 2.05) is 18.3 Å². The molecule has 1 atom stereocenters. The van der Waals surface area contributed by atoms with Crippen molar-refractivity contribution in [2.24, 2.45) is 0 Å². The van der Waals surface area contributed by atoms with E-state index >= 15 is 0 Å². The smallest absolute Gasteiger partial charge is 0.235 e. The highest BCUT2D eigenvalue weighted by molar-refractivity contribution is 5.86. The summed E-state index contributed by atoms with van der Waals surface area (Å²) in [4.78, 5) is 35.5. The maximum Gasteiger partial charge on any atom is 0.235 e. The van der Waals surface area contributed by atoms with Gasteiger partial charge in [0.2, 0.25) is 5.91 Å². The van der Waals surface area contributed by atoms with Gasteiger partial charge in [0.25, 0.3) is 0 Å². The molecule has 0 saturated heterocycles. The average Bonchev–Trinajstić information content (AvgIpc) is 3.26. The maximum atomic E-state index is 12.3. The fourth-order valence-electron chi connectivity index (χ4n) is 3.50. The average molecular weight is 423 g/mol. The van der Waals surface area contributed by atoms with Crippen LogP contribution < -0.4 is 16.2 Å². The molecule has 3 aromatic rings. The number of carbonyl (C=O) groups is 2. The number of hydrogen-bond acceptors (Lipinski definition) is 6. The Hall–Kier alpha value is -3.10. The second-order valence-electron chi connectivity index (χ2n) is 7.64. The summed E-state index contributed by atoms with van der Waals surface area (Å²) in [6.45, 7) is 1.79. The van der Waals surface area contributed by atoms with Crippen molar-refractivity contribution in [3.05, 3.63) is 48.7 Å². The molecule has 0 aliphatic carbocycles. The van der Waals surface area contributed by atoms with Crippen LogP contribution in [0.15, 0.2) is 42.9 Å². The minimum absolute atomic E-state index is 0.113. The predicted molar refractivity (Wildman–Crippen MR) is 121 cm³/mol. The lowest BCUT2D eigenvalue weighted by molar-refractivity contribution is -0.121. The number of aromatic amines is 1. The van der Waals surface area contributed by atoms with Crippen molar-refractivity contribution in [1.29, 1.82) is 0 Å². The van der Waals surface area contributed by atoms with Crippen molar-refractivity contribution in [1.82, 2.24) is 31.1 Å². The number of amides is 1. The molecule has 0 saturated carbocycles. The highest BCUT2D eigenvalue weighted by Gasteiger charge is 2.18. The third kappa shape index (κ3) is 6.70. The minimum atomic E-state index is -0.223. The van der Waals surface area contributed by atoms with Gasteiger partial charge in [0.15, 0.2) is 0 Å². The molecule has 1 aromatic carbocycles. The van der Waals surface area contributed by atoms with Gasteiger partial charge in [-0.2, -0.15) is 0 Å². The summed E-state index contributed by atoms with van der Waals surface area (Å²) >= 11 is 0. The minimum Gasteiger partial charge on any atom is -0.345 e. The summed E-state index contributed by atoms with van der Waals surface area (Å²) in [5.41, 5.74) is 7.47. The first-order valence-corrected chi connectivity index (χ1v) is 10.6. The number of hydrogen-bond donors (Lipinski definition) is 4. The number of nitrogens with one attached hydrogen (secondary N) is 4. The summed E-state index contributed by atoms with van der Waals surface area (Å²) in [6.07, 6.45) is 9.47. The van der Waals surface area contributed by atoms with Crippen molar-refractivity contribution in [2.45, 2.75) is 45.1 Å². The summed E-state index contributed by atoms with van der Waals surface area (Å²) < 4.78 is 0. The Bertz CT molecular complexity index is 1020. The van der Waals surface area contributed by atoms with E-state index in [2.05, 4.69) is 43.3 Å². The fourth-order valence-corrected chi connectivity index (χ4v) is 3.50. The van der Waals surface area contributed by atoms with Crippen molar-refractivity contribution >= 4 is 22.5 Å². The number of nitrogens with zero attached hydrogens (tertiary/aromatic N) is 2. The van der Waals surface area contributed by atoms with E-state index in [1.165, 1.54) is 0 Å². The van der Waals surface area contributed by atoms with Gasteiger partial charge in [-0.15, -0.1) is 0 Å². The number of pyridine rings is 1. The van der Waals surface area contributed by atoms with Crippen LogP contribution in [0.4, 0.5) is 0 Å². The van der Waals surface area contributed by atoms with Crippen LogP contribution in [0.2, 0.25) is 0 Å². The van der Waals surface area contributed by atoms with Crippen LogP contribution in [0.5, 0.6) is 0 Å². The zero-order chi connectivity index (χ0) is 22.1. The summed E-state index contributed by atoms with van der Waals surface area (Å²) in [7, 11) is 1.72. The number of H-pyrrole nitrogens is 1. The van der Waals surface area contributed by atoms with Crippen LogP contribution >= 0.6 is 0 Å². The molecular weight excluding hydrogens is 392 g/mol. The van der Waals surface area contributed by atoms with Crippen molar-refractivity contribution in [2.75, 3.05) is 13.6 Å². The van der Waals surface area contributed by atoms with Crippen LogP contribution in [0.1, 0.15) is 50.9 Å². The zero-order valence-electron chi connectivity index (χ0n) is 18.1. The highest BCUT2D eigenvalue weighted by atomic mass is 16.2. The summed E-state index contributed by atoms with van der Waals surface area (Å²) in [5.74, 6) is 0.827. The lowest BCUT2D eigenvalue weighted by Crippen LogP contribution is -2.40. The monoisotopic (exact) mass is 422 g/mol. The van der Waals surface area contributed by atoms with Crippen LogP contribution in [0.25, 0.3) is 22.0 Å². The van der Waals surface area contributed by atoms with E-state index in [0.29, 0.717) is 6.42 Å². The summed E-state index contributed by atoms with van der Waals surface area (Å²) in [5, 5.41) is 5.24. The molecule has 8 nitrogen and oxygen atoms in total. The predicted octanol–water partition coefficient (Wildman–Crippen LogP) is 3.05. The molecule has 0 fully saturated rings. The Morgan fingerprint density at radius 2 is 1.97 bits per heavy atom. The topological polar surface area (TPSA) is 112 Å². The number of unbranched alkanes of at least 4 members (excludes halogenated alkanes) is 2. The van der Waals surface area contributed by atoms with Crippen LogP contribution in [-0.2, 0) is 9.59 Å². The van der Waals surface area contributed by atoms with Gasteiger partial charge >= 0.3 is 0 Å². The third-order valence-electron chi connectivity index (χ3n) is 5.16. The molecular formula is C23H30N6O2. The van der Waals surface area contributed by atoms with Gasteiger partial charge in [0, 0.05) is 29.8 Å². The van der Waals surface area contributed by atoms with Crippen LogP contribution in [0.3, 0.4) is 0 Å². The van der Waals surface area contributed by atoms with E-state index in [9.17, 15) is 9.59 Å². The number of Topliss-reactive ketones (excluding diaryl/α,β-unsaturated/α-hetero) is 1. The fraction of sp³-hybridized carbons (Fsp3) is 0.391. The van der Waals surface area contributed by atoms with Gasteiger partial charge < -0.3 is 15.1 Å². The van der Waals surface area contributed by atoms with Gasteiger partial charge in [0.1, 0.15) is 11.6 Å². The van der Waals surface area contributed by atoms with Crippen LogP contribution in [-0.4, -0.2) is 40.2 Å². The summed E-state index contributed by atoms with van der Waals surface area (Å²) in [6, 6.07) is 7.94. The maximum absolute atomic E-state index is 12.3. The molecule has 0 spiro atoms. The van der Waals surface area contributed by atoms with Crippen molar-refractivity contribution in [3.63, 3.8) is 0 Å². The molecule has 164 valence electrons. The SMILES string of the molecule is CNNCC(=O)N[C@@H](CCCCCC(C)=O)c1ncc(-c2ccc3ccncc3c2)[nH]1. The Kier molecular flexibility index (Phi) is 8.26. The molecule has 4 N–H and O–H groups in total. The Morgan fingerprint density at radius 1 is 1.10 bits per heavy atom. The normalized spacial score (nSPS) is 12.1. The van der Waals surface area contributed by atoms with E-state index in [-0.39, 0.29) is 24.3 Å². The van der Waals surface area contributed by atoms with E-state index in [4.69, 9.17) is 0 Å². The Morgan fingerprint density at radius 3 is 2.77 bits per heavy atom. The molecule has 8 heteroatoms. The standard InChI is InChI=1S/C23H30N6O2/c1-16(30)6-4-3-5-7-20(28-22(31)15-27-24-2)23-26-14-21(29-23)18-9-8-17-10-11-25-13-19(17)12-18/h8-14,20,24,27H,3-7,15H2,1-2H3,(H,26,29)(H,28,31)/t20-/m0/s1. The van der Waals surface area contributed by atoms with E-state index in [1.54, 1.807) is 26.4 Å². The van der Waals surface area contributed by atoms with Gasteiger partial charge in [0.05, 0.1) is 24.5 Å². The Balaban J connectivity index is 1.71. The number of benzene rings is 1. The van der Waals surface area contributed by atoms with Gasteiger partial charge in [-0.3, -0.25) is 15.2 Å². The van der Waals surface area contributed by atoms with Crippen molar-refractivity contribution < 1.29 is 9.59 Å². The van der Waals surface area contributed by atoms with Gasteiger partial charge in [-0.25, -0.2) is 10.4 Å². The molecule has 0 aliphatic heterocycles. The molecule has 0 radical (unpaired) electrons. The van der Waals surface area contributed by atoms with Crippen LogP contribution in [0, 0.1) is 0 Å². The van der Waals surface area contributed by atoms with Crippen molar-refractivity contribution in [3.8, 4) is 11.3 Å². The molecule has 1 amide bonds. The zero-order valence-corrected chi connectivity index (χ0v) is 18.1. The second-order valence-corrected chi connectivity index (χ2v) is 7.64.